The third-order valence-electron chi connectivity index (χ3n) is 5.56. The van der Waals surface area contributed by atoms with E-state index in [1.54, 1.807) is 31.2 Å². The van der Waals surface area contributed by atoms with Crippen LogP contribution in [0.4, 0.5) is 5.69 Å². The summed E-state index contributed by atoms with van der Waals surface area (Å²) in [5.74, 6) is -0.422. The molecule has 0 aliphatic carbocycles. The molecule has 34 heavy (non-hydrogen) atoms. The van der Waals surface area contributed by atoms with Gasteiger partial charge in [-0.05, 0) is 37.6 Å². The first-order valence-electron chi connectivity index (χ1n) is 10.7. The van der Waals surface area contributed by atoms with E-state index >= 15 is 0 Å². The highest BCUT2D eigenvalue weighted by Gasteiger charge is 2.36. The smallest absolute Gasteiger partial charge is 0.254 e. The van der Waals surface area contributed by atoms with Gasteiger partial charge in [-0.1, -0.05) is 60.3 Å². The van der Waals surface area contributed by atoms with Gasteiger partial charge in [-0.25, -0.2) is 0 Å². The predicted octanol–water partition coefficient (Wildman–Crippen LogP) is 5.54. The third-order valence-corrected chi connectivity index (χ3v) is 6.57. The van der Waals surface area contributed by atoms with Gasteiger partial charge >= 0.3 is 0 Å². The van der Waals surface area contributed by atoms with E-state index in [4.69, 9.17) is 4.42 Å². The van der Waals surface area contributed by atoms with Crippen molar-refractivity contribution < 1.29 is 14.0 Å². The van der Waals surface area contributed by atoms with Gasteiger partial charge in [0.25, 0.3) is 5.91 Å². The summed E-state index contributed by atoms with van der Waals surface area (Å²) in [7, 11) is 0. The standard InChI is InChI=1S/C27H23N3O3S/c1-17-9-6-7-12-21(17)30-26(32)24-18(2)29-27(20(15-28)25(24)23-13-8-14-33-23)34-16-22(31)19-10-4-3-5-11-19/h3-14,25,29H,16H2,1-2H3,(H,30,32)/t25-/m1/s1. The first-order valence-corrected chi connectivity index (χ1v) is 11.7. The first-order chi connectivity index (χ1) is 16.5. The van der Waals surface area contributed by atoms with Crippen LogP contribution in [0.1, 0.15) is 34.5 Å². The number of dihydropyridines is 1. The van der Waals surface area contributed by atoms with Crippen LogP contribution in [0.2, 0.25) is 0 Å². The molecule has 6 nitrogen and oxygen atoms in total. The third kappa shape index (κ3) is 4.82. The summed E-state index contributed by atoms with van der Waals surface area (Å²) in [6.45, 7) is 3.70. The Bertz CT molecular complexity index is 1320. The second kappa shape index (κ2) is 10.3. The van der Waals surface area contributed by atoms with Crippen LogP contribution >= 0.6 is 11.8 Å². The summed E-state index contributed by atoms with van der Waals surface area (Å²) in [5.41, 5.74) is 3.57. The number of hydrogen-bond acceptors (Lipinski definition) is 6. The van der Waals surface area contributed by atoms with E-state index in [-0.39, 0.29) is 17.4 Å². The number of nitrogens with one attached hydrogen (secondary N) is 2. The quantitative estimate of drug-likeness (QED) is 0.441. The average molecular weight is 470 g/mol. The van der Waals surface area contributed by atoms with Crippen molar-refractivity contribution in [1.29, 1.82) is 5.26 Å². The number of aryl methyl sites for hydroxylation is 1. The molecule has 0 spiro atoms. The van der Waals surface area contributed by atoms with E-state index in [9.17, 15) is 14.9 Å². The van der Waals surface area contributed by atoms with Gasteiger partial charge in [0.15, 0.2) is 5.78 Å². The molecule has 3 aromatic rings. The van der Waals surface area contributed by atoms with E-state index in [1.165, 1.54) is 18.0 Å². The van der Waals surface area contributed by atoms with Gasteiger partial charge in [-0.2, -0.15) is 5.26 Å². The van der Waals surface area contributed by atoms with Gasteiger partial charge in [-0.3, -0.25) is 9.59 Å². The van der Waals surface area contributed by atoms with Gasteiger partial charge in [0.05, 0.1) is 40.2 Å². The highest BCUT2D eigenvalue weighted by molar-refractivity contribution is 8.03. The lowest BCUT2D eigenvalue weighted by atomic mass is 9.85. The Morgan fingerprint density at radius 2 is 1.79 bits per heavy atom. The van der Waals surface area contributed by atoms with Crippen LogP contribution in [0.3, 0.4) is 0 Å². The minimum atomic E-state index is -0.695. The molecule has 2 N–H and O–H groups in total. The number of allylic oxidation sites excluding steroid dienone is 2. The van der Waals surface area contributed by atoms with Gasteiger partial charge in [0, 0.05) is 16.9 Å². The number of amides is 1. The molecule has 4 rings (SSSR count). The van der Waals surface area contributed by atoms with Gasteiger partial charge in [-0.15, -0.1) is 0 Å². The lowest BCUT2D eigenvalue weighted by molar-refractivity contribution is -0.113. The van der Waals surface area contributed by atoms with Crippen LogP contribution < -0.4 is 10.6 Å². The summed E-state index contributed by atoms with van der Waals surface area (Å²) in [6.07, 6.45) is 1.52. The number of para-hydroxylation sites is 1. The molecule has 2 heterocycles. The van der Waals surface area contributed by atoms with E-state index < -0.39 is 5.92 Å². The summed E-state index contributed by atoms with van der Waals surface area (Å²) < 4.78 is 5.65. The van der Waals surface area contributed by atoms with E-state index in [0.717, 1.165) is 5.56 Å². The van der Waals surface area contributed by atoms with E-state index in [0.29, 0.717) is 38.9 Å². The van der Waals surface area contributed by atoms with Crippen molar-refractivity contribution in [3.05, 3.63) is 112 Å². The van der Waals surface area contributed by atoms with Gasteiger partial charge in [0.2, 0.25) is 0 Å². The lowest BCUT2D eigenvalue weighted by Crippen LogP contribution is -2.31. The lowest BCUT2D eigenvalue weighted by Gasteiger charge is -2.28. The molecule has 0 bridgehead atoms. The SMILES string of the molecule is CC1=C(C(=O)Nc2ccccc2C)[C@@H](c2ccco2)C(C#N)=C(SCC(=O)c2ccccc2)N1. The molecule has 0 unspecified atom stereocenters. The molecule has 1 aliphatic heterocycles. The first kappa shape index (κ1) is 23.1. The zero-order valence-corrected chi connectivity index (χ0v) is 19.6. The minimum Gasteiger partial charge on any atom is -0.468 e. The summed E-state index contributed by atoms with van der Waals surface area (Å²) in [6, 6.07) is 22.2. The number of nitriles is 1. The Kier molecular flexibility index (Phi) is 7.00. The number of rotatable bonds is 7. The molecule has 7 heteroatoms. The minimum absolute atomic E-state index is 0.0449. The fourth-order valence-corrected chi connectivity index (χ4v) is 4.80. The highest BCUT2D eigenvalue weighted by atomic mass is 32.2. The number of nitrogens with zero attached hydrogens (tertiary/aromatic N) is 1. The van der Waals surface area contributed by atoms with Gasteiger partial charge < -0.3 is 15.1 Å². The zero-order chi connectivity index (χ0) is 24.1. The van der Waals surface area contributed by atoms with Crippen molar-refractivity contribution in [2.45, 2.75) is 19.8 Å². The summed E-state index contributed by atoms with van der Waals surface area (Å²) >= 11 is 1.25. The van der Waals surface area contributed by atoms with Crippen LogP contribution in [0.5, 0.6) is 0 Å². The molecule has 1 aromatic heterocycles. The second-order valence-electron chi connectivity index (χ2n) is 7.81. The van der Waals surface area contributed by atoms with Crippen molar-refractivity contribution in [2.75, 3.05) is 11.1 Å². The fourth-order valence-electron chi connectivity index (χ4n) is 3.82. The number of carbonyl (C=O) groups is 2. The summed E-state index contributed by atoms with van der Waals surface area (Å²) in [5, 5.41) is 16.8. The van der Waals surface area contributed by atoms with Crippen molar-refractivity contribution in [3.8, 4) is 6.07 Å². The molecule has 0 fully saturated rings. The molecule has 170 valence electrons. The molecule has 0 radical (unpaired) electrons. The van der Waals surface area contributed by atoms with Crippen LogP contribution in [0.15, 0.2) is 99.3 Å². The number of ketones is 1. The number of anilines is 1. The number of thioether (sulfide) groups is 1. The number of benzene rings is 2. The van der Waals surface area contributed by atoms with Crippen molar-refractivity contribution in [3.63, 3.8) is 0 Å². The van der Waals surface area contributed by atoms with Crippen LogP contribution in [-0.2, 0) is 4.79 Å². The Hall–Kier alpha value is -4.02. The summed E-state index contributed by atoms with van der Waals surface area (Å²) in [4.78, 5) is 26.0. The molecular weight excluding hydrogens is 446 g/mol. The topological polar surface area (TPSA) is 95.1 Å². The Morgan fingerprint density at radius 3 is 2.47 bits per heavy atom. The second-order valence-corrected chi connectivity index (χ2v) is 8.80. The molecule has 1 aliphatic rings. The van der Waals surface area contributed by atoms with Crippen molar-refractivity contribution in [1.82, 2.24) is 5.32 Å². The molecule has 2 aromatic carbocycles. The maximum atomic E-state index is 13.4. The molecule has 1 atom stereocenters. The van der Waals surface area contributed by atoms with Crippen LogP contribution in [-0.4, -0.2) is 17.4 Å². The molecular formula is C27H23N3O3S. The van der Waals surface area contributed by atoms with Gasteiger partial charge in [0.1, 0.15) is 5.76 Å². The fraction of sp³-hybridized carbons (Fsp3) is 0.148. The normalized spacial score (nSPS) is 15.5. The Balaban J connectivity index is 1.65. The monoisotopic (exact) mass is 469 g/mol. The van der Waals surface area contributed by atoms with E-state index in [1.807, 2.05) is 49.4 Å². The number of carbonyl (C=O) groups excluding carboxylic acids is 2. The number of Topliss-reactive ketones (excluding diaryl/α,β-unsaturated/α-hetero) is 1. The molecule has 0 saturated carbocycles. The van der Waals surface area contributed by atoms with Crippen molar-refractivity contribution >= 4 is 29.1 Å². The maximum Gasteiger partial charge on any atom is 0.254 e. The van der Waals surface area contributed by atoms with Crippen LogP contribution in [0.25, 0.3) is 0 Å². The van der Waals surface area contributed by atoms with Crippen molar-refractivity contribution in [2.24, 2.45) is 0 Å². The zero-order valence-electron chi connectivity index (χ0n) is 18.8. The van der Waals surface area contributed by atoms with E-state index in [2.05, 4.69) is 16.7 Å². The van der Waals surface area contributed by atoms with Crippen LogP contribution in [0, 0.1) is 18.3 Å². The highest BCUT2D eigenvalue weighted by Crippen LogP contribution is 2.41. The maximum absolute atomic E-state index is 13.4. The number of furan rings is 1. The largest absolute Gasteiger partial charge is 0.468 e. The predicted molar refractivity (Wildman–Crippen MR) is 133 cm³/mol. The Labute approximate surface area is 202 Å². The average Bonchev–Trinajstić information content (AvgIpc) is 3.38. The Morgan fingerprint density at radius 1 is 1.06 bits per heavy atom. The number of hydrogen-bond donors (Lipinski definition) is 2. The molecule has 0 saturated heterocycles. The molecule has 1 amide bonds.